The Morgan fingerprint density at radius 1 is 1.08 bits per heavy atom. The molecule has 1 heterocycles. The number of nitrogens with two attached hydrogens (primary N) is 1. The van der Waals surface area contributed by atoms with Crippen molar-refractivity contribution in [1.29, 1.82) is 0 Å². The zero-order valence-electron chi connectivity index (χ0n) is 13.9. The van der Waals surface area contributed by atoms with Crippen molar-refractivity contribution in [2.24, 2.45) is 0 Å². The first-order valence-electron chi connectivity index (χ1n) is 8.10. The molecule has 0 bridgehead atoms. The number of nitro benzene ring substituents is 1. The number of hydrogen-bond acceptors (Lipinski definition) is 4. The Balaban J connectivity index is 1.70. The van der Waals surface area contributed by atoms with Crippen molar-refractivity contribution in [3.8, 4) is 0 Å². The third-order valence-electron chi connectivity index (χ3n) is 3.92. The Labute approximate surface area is 154 Å². The van der Waals surface area contributed by atoms with E-state index in [2.05, 4.69) is 5.32 Å². The number of para-hydroxylation sites is 2. The fourth-order valence-corrected chi connectivity index (χ4v) is 3.56. The molecule has 0 aliphatic carbocycles. The third kappa shape index (κ3) is 4.33. The van der Waals surface area contributed by atoms with Crippen LogP contribution in [0.15, 0.2) is 72.1 Å². The van der Waals surface area contributed by atoms with E-state index in [0.29, 0.717) is 0 Å². The van der Waals surface area contributed by atoms with Gasteiger partial charge in [-0.05, 0) is 17.5 Å². The van der Waals surface area contributed by atoms with Crippen LogP contribution in [-0.2, 0) is 4.79 Å². The lowest BCUT2D eigenvalue weighted by Crippen LogP contribution is -2.87. The molecule has 6 nitrogen and oxygen atoms in total. The van der Waals surface area contributed by atoms with Crippen LogP contribution in [-0.4, -0.2) is 17.4 Å². The molecule has 0 saturated heterocycles. The smallest absolute Gasteiger partial charge is 0.292 e. The van der Waals surface area contributed by atoms with E-state index in [4.69, 9.17) is 0 Å². The van der Waals surface area contributed by atoms with Gasteiger partial charge in [0.15, 0.2) is 6.54 Å². The number of rotatable bonds is 7. The number of amides is 1. The molecule has 0 aliphatic rings. The highest BCUT2D eigenvalue weighted by Crippen LogP contribution is 2.24. The predicted molar refractivity (Wildman–Crippen MR) is 101 cm³/mol. The summed E-state index contributed by atoms with van der Waals surface area (Å²) in [6, 6.07) is 20.1. The second kappa shape index (κ2) is 8.37. The maximum absolute atomic E-state index is 12.3. The predicted octanol–water partition coefficient (Wildman–Crippen LogP) is 2.95. The van der Waals surface area contributed by atoms with Gasteiger partial charge in [0.1, 0.15) is 11.7 Å². The lowest BCUT2D eigenvalue weighted by Gasteiger charge is -2.14. The van der Waals surface area contributed by atoms with Crippen molar-refractivity contribution >= 4 is 28.6 Å². The molecule has 1 atom stereocenters. The number of carbonyl (C=O) groups is 1. The fraction of sp³-hybridized carbons (Fsp3) is 0.105. The highest BCUT2D eigenvalue weighted by atomic mass is 32.1. The zero-order valence-corrected chi connectivity index (χ0v) is 14.7. The van der Waals surface area contributed by atoms with E-state index in [9.17, 15) is 14.9 Å². The molecule has 0 aliphatic heterocycles. The van der Waals surface area contributed by atoms with Gasteiger partial charge in [-0.2, -0.15) is 0 Å². The number of quaternary nitrogens is 1. The van der Waals surface area contributed by atoms with Gasteiger partial charge in [-0.1, -0.05) is 48.5 Å². The first-order chi connectivity index (χ1) is 12.6. The third-order valence-corrected chi connectivity index (χ3v) is 4.88. The average Bonchev–Trinajstić information content (AvgIpc) is 3.17. The van der Waals surface area contributed by atoms with Gasteiger partial charge in [0.2, 0.25) is 0 Å². The number of hydrogen-bond donors (Lipinski definition) is 2. The van der Waals surface area contributed by atoms with Gasteiger partial charge in [-0.25, -0.2) is 0 Å². The summed E-state index contributed by atoms with van der Waals surface area (Å²) < 4.78 is 0. The van der Waals surface area contributed by atoms with Crippen molar-refractivity contribution in [1.82, 2.24) is 0 Å². The van der Waals surface area contributed by atoms with Crippen molar-refractivity contribution in [2.75, 3.05) is 11.9 Å². The van der Waals surface area contributed by atoms with Gasteiger partial charge in [-0.3, -0.25) is 14.9 Å². The summed E-state index contributed by atoms with van der Waals surface area (Å²) in [6.45, 7) is 0.156. The molecule has 0 radical (unpaired) electrons. The molecular formula is C19H18N3O3S+. The second-order valence-electron chi connectivity index (χ2n) is 5.67. The van der Waals surface area contributed by atoms with E-state index in [0.717, 1.165) is 10.4 Å². The summed E-state index contributed by atoms with van der Waals surface area (Å²) in [4.78, 5) is 24.0. The number of nitrogens with zero attached hydrogens (tertiary/aromatic N) is 1. The number of nitro groups is 1. The van der Waals surface area contributed by atoms with E-state index in [-0.39, 0.29) is 29.9 Å². The van der Waals surface area contributed by atoms with Crippen LogP contribution in [0.1, 0.15) is 16.5 Å². The molecule has 1 aromatic heterocycles. The molecule has 3 aromatic rings. The Bertz CT molecular complexity index is 882. The van der Waals surface area contributed by atoms with E-state index in [1.165, 1.54) is 12.1 Å². The molecule has 3 rings (SSSR count). The molecular weight excluding hydrogens is 350 g/mol. The van der Waals surface area contributed by atoms with Crippen LogP contribution in [0, 0.1) is 10.1 Å². The Hall–Kier alpha value is -3.03. The van der Waals surface area contributed by atoms with Crippen molar-refractivity contribution < 1.29 is 15.0 Å². The minimum absolute atomic E-state index is 0.00714. The SMILES string of the molecule is O=C(C[NH2+][C@@H](c1ccccc1)c1cccs1)Nc1ccccc1[N+](=O)[O-]. The van der Waals surface area contributed by atoms with Crippen LogP contribution in [0.3, 0.4) is 0 Å². The van der Waals surface area contributed by atoms with Crippen LogP contribution >= 0.6 is 11.3 Å². The fourth-order valence-electron chi connectivity index (χ4n) is 2.71. The van der Waals surface area contributed by atoms with Crippen LogP contribution < -0.4 is 10.6 Å². The minimum Gasteiger partial charge on any atom is -0.328 e. The lowest BCUT2D eigenvalue weighted by molar-refractivity contribution is -0.675. The summed E-state index contributed by atoms with van der Waals surface area (Å²) in [5, 5.41) is 17.6. The van der Waals surface area contributed by atoms with E-state index >= 15 is 0 Å². The molecule has 2 aromatic carbocycles. The number of nitrogens with one attached hydrogen (secondary N) is 1. The van der Waals surface area contributed by atoms with Crippen molar-refractivity contribution in [3.05, 3.63) is 92.7 Å². The second-order valence-corrected chi connectivity index (χ2v) is 6.65. The Morgan fingerprint density at radius 2 is 1.81 bits per heavy atom. The number of thiophene rings is 1. The van der Waals surface area contributed by atoms with Crippen molar-refractivity contribution in [3.63, 3.8) is 0 Å². The molecule has 3 N–H and O–H groups in total. The lowest BCUT2D eigenvalue weighted by atomic mass is 10.1. The largest absolute Gasteiger partial charge is 0.328 e. The molecule has 26 heavy (non-hydrogen) atoms. The van der Waals surface area contributed by atoms with Gasteiger partial charge in [-0.15, -0.1) is 11.3 Å². The van der Waals surface area contributed by atoms with Crippen LogP contribution in [0.4, 0.5) is 11.4 Å². The summed E-state index contributed by atoms with van der Waals surface area (Å²) in [6.07, 6.45) is 0. The Kier molecular flexibility index (Phi) is 5.73. The summed E-state index contributed by atoms with van der Waals surface area (Å²) in [7, 11) is 0. The normalized spacial score (nSPS) is 11.7. The number of benzene rings is 2. The van der Waals surface area contributed by atoms with Crippen LogP contribution in [0.2, 0.25) is 0 Å². The standard InChI is InChI=1S/C19H17N3O3S/c23-18(21-15-9-4-5-10-16(15)22(24)25)13-20-19(17-11-6-12-26-17)14-7-2-1-3-8-14/h1-12,19-20H,13H2,(H,21,23)/p+1/t19-/m0/s1. The molecule has 0 unspecified atom stereocenters. The summed E-state index contributed by atoms with van der Waals surface area (Å²) in [5.74, 6) is -0.281. The first-order valence-corrected chi connectivity index (χ1v) is 8.98. The first kappa shape index (κ1) is 17.8. The molecule has 0 spiro atoms. The van der Waals surface area contributed by atoms with Crippen LogP contribution in [0.5, 0.6) is 0 Å². The summed E-state index contributed by atoms with van der Waals surface area (Å²) >= 11 is 1.64. The highest BCUT2D eigenvalue weighted by Gasteiger charge is 2.21. The maximum Gasteiger partial charge on any atom is 0.292 e. The monoisotopic (exact) mass is 368 g/mol. The minimum atomic E-state index is -0.502. The van der Waals surface area contributed by atoms with Gasteiger partial charge < -0.3 is 10.6 Å². The topological polar surface area (TPSA) is 88.8 Å². The molecule has 7 heteroatoms. The number of anilines is 1. The quantitative estimate of drug-likeness (QED) is 0.496. The van der Waals surface area contributed by atoms with Gasteiger partial charge in [0, 0.05) is 11.6 Å². The van der Waals surface area contributed by atoms with E-state index in [1.807, 2.05) is 53.2 Å². The van der Waals surface area contributed by atoms with E-state index < -0.39 is 4.92 Å². The average molecular weight is 368 g/mol. The molecule has 0 fully saturated rings. The summed E-state index contributed by atoms with van der Waals surface area (Å²) in [5.41, 5.74) is 1.20. The van der Waals surface area contributed by atoms with Gasteiger partial charge >= 0.3 is 0 Å². The number of carbonyl (C=O) groups excluding carboxylic acids is 1. The van der Waals surface area contributed by atoms with Gasteiger partial charge in [0.25, 0.3) is 11.6 Å². The van der Waals surface area contributed by atoms with Crippen LogP contribution in [0.25, 0.3) is 0 Å². The Morgan fingerprint density at radius 3 is 2.50 bits per heavy atom. The van der Waals surface area contributed by atoms with Crippen molar-refractivity contribution in [2.45, 2.75) is 6.04 Å². The molecule has 1 amide bonds. The maximum atomic E-state index is 12.3. The van der Waals surface area contributed by atoms with E-state index in [1.54, 1.807) is 23.5 Å². The highest BCUT2D eigenvalue weighted by molar-refractivity contribution is 7.10. The molecule has 132 valence electrons. The molecule has 0 saturated carbocycles. The van der Waals surface area contributed by atoms with Gasteiger partial charge in [0.05, 0.1) is 9.80 Å². The zero-order chi connectivity index (χ0) is 18.4.